The van der Waals surface area contributed by atoms with Crippen molar-refractivity contribution in [3.05, 3.63) is 62.0 Å². The van der Waals surface area contributed by atoms with E-state index in [9.17, 15) is 10.1 Å². The average molecular weight is 309 g/mol. The van der Waals surface area contributed by atoms with E-state index in [1.807, 2.05) is 26.8 Å². The van der Waals surface area contributed by atoms with Crippen LogP contribution in [0.15, 0.2) is 28.7 Å². The van der Waals surface area contributed by atoms with Gasteiger partial charge in [0.25, 0.3) is 5.69 Å². The number of benzene rings is 1. The predicted octanol–water partition coefficient (Wildman–Crippen LogP) is 4.31. The van der Waals surface area contributed by atoms with E-state index in [0.29, 0.717) is 11.6 Å². The molecule has 0 radical (unpaired) electrons. The number of halogens is 1. The van der Waals surface area contributed by atoms with Crippen LogP contribution < -0.4 is 5.32 Å². The molecule has 0 spiro atoms. The van der Waals surface area contributed by atoms with Gasteiger partial charge in [-0.3, -0.25) is 10.1 Å². The van der Waals surface area contributed by atoms with Crippen LogP contribution in [0.3, 0.4) is 0 Å². The van der Waals surface area contributed by atoms with Gasteiger partial charge in [-0.05, 0) is 38.5 Å². The molecule has 2 rings (SSSR count). The van der Waals surface area contributed by atoms with Gasteiger partial charge in [0.2, 0.25) is 0 Å². The van der Waals surface area contributed by atoms with E-state index in [2.05, 4.69) is 5.32 Å². The summed E-state index contributed by atoms with van der Waals surface area (Å²) in [7, 11) is 0. The van der Waals surface area contributed by atoms with Crippen molar-refractivity contribution in [1.29, 1.82) is 0 Å². The van der Waals surface area contributed by atoms with Crippen molar-refractivity contribution in [3.8, 4) is 0 Å². The van der Waals surface area contributed by atoms with Crippen LogP contribution in [0.25, 0.3) is 0 Å². The summed E-state index contributed by atoms with van der Waals surface area (Å²) in [4.78, 5) is 10.2. The lowest BCUT2D eigenvalue weighted by Crippen LogP contribution is -2.18. The van der Waals surface area contributed by atoms with Crippen LogP contribution in [0.2, 0.25) is 5.02 Å². The molecular weight excluding hydrogens is 292 g/mol. The number of non-ortho nitro benzene ring substituents is 1. The number of hydrogen-bond donors (Lipinski definition) is 1. The summed E-state index contributed by atoms with van der Waals surface area (Å²) in [6, 6.07) is 6.61. The highest BCUT2D eigenvalue weighted by Crippen LogP contribution is 2.25. The topological polar surface area (TPSA) is 68.3 Å². The number of aryl methyl sites for hydroxylation is 2. The van der Waals surface area contributed by atoms with Crippen LogP contribution in [0, 0.1) is 24.0 Å². The first-order valence-electron chi connectivity index (χ1n) is 6.61. The average Bonchev–Trinajstić information content (AvgIpc) is 2.75. The molecule has 0 aliphatic rings. The van der Waals surface area contributed by atoms with E-state index in [-0.39, 0.29) is 11.7 Å². The number of hydrogen-bond acceptors (Lipinski definition) is 4. The van der Waals surface area contributed by atoms with Gasteiger partial charge in [0.1, 0.15) is 11.5 Å². The maximum absolute atomic E-state index is 10.7. The van der Waals surface area contributed by atoms with Gasteiger partial charge in [0.15, 0.2) is 0 Å². The van der Waals surface area contributed by atoms with Gasteiger partial charge in [-0.15, -0.1) is 0 Å². The van der Waals surface area contributed by atoms with Gasteiger partial charge in [0, 0.05) is 30.3 Å². The number of nitrogens with one attached hydrogen (secondary N) is 1. The summed E-state index contributed by atoms with van der Waals surface area (Å²) in [5.74, 6) is 1.77. The standard InChI is InChI=1S/C15H17ClN2O3/c1-9-6-14(11(3)21-9)10(2)17-8-12-4-5-13(18(19)20)7-15(12)16/h4-7,10,17H,8H2,1-3H3. The summed E-state index contributed by atoms with van der Waals surface area (Å²) in [6.07, 6.45) is 0. The molecule has 1 aromatic heterocycles. The zero-order chi connectivity index (χ0) is 15.6. The number of nitro benzene ring substituents is 1. The largest absolute Gasteiger partial charge is 0.466 e. The molecular formula is C15H17ClN2O3. The second-order valence-corrected chi connectivity index (χ2v) is 5.41. The Morgan fingerprint density at radius 3 is 2.62 bits per heavy atom. The Balaban J connectivity index is 2.06. The Kier molecular flexibility index (Phi) is 4.65. The molecule has 1 atom stereocenters. The second kappa shape index (κ2) is 6.28. The van der Waals surface area contributed by atoms with Crippen LogP contribution >= 0.6 is 11.6 Å². The number of rotatable bonds is 5. The van der Waals surface area contributed by atoms with Crippen molar-refractivity contribution in [1.82, 2.24) is 5.32 Å². The molecule has 1 heterocycles. The van der Waals surface area contributed by atoms with Crippen molar-refractivity contribution in [2.45, 2.75) is 33.4 Å². The van der Waals surface area contributed by atoms with Crippen molar-refractivity contribution in [2.75, 3.05) is 0 Å². The normalized spacial score (nSPS) is 12.4. The van der Waals surface area contributed by atoms with Gasteiger partial charge < -0.3 is 9.73 Å². The summed E-state index contributed by atoms with van der Waals surface area (Å²) in [6.45, 7) is 6.41. The Morgan fingerprint density at radius 2 is 2.10 bits per heavy atom. The van der Waals surface area contributed by atoms with Crippen molar-refractivity contribution < 1.29 is 9.34 Å². The molecule has 2 aromatic rings. The summed E-state index contributed by atoms with van der Waals surface area (Å²) in [5.41, 5.74) is 1.93. The number of nitrogens with zero attached hydrogens (tertiary/aromatic N) is 1. The third kappa shape index (κ3) is 3.62. The molecule has 1 N–H and O–H groups in total. The van der Waals surface area contributed by atoms with Crippen molar-refractivity contribution >= 4 is 17.3 Å². The minimum Gasteiger partial charge on any atom is -0.466 e. The van der Waals surface area contributed by atoms with E-state index < -0.39 is 4.92 Å². The van der Waals surface area contributed by atoms with Gasteiger partial charge in [0.05, 0.1) is 9.95 Å². The molecule has 0 fully saturated rings. The molecule has 6 heteroatoms. The molecule has 112 valence electrons. The lowest BCUT2D eigenvalue weighted by Gasteiger charge is -2.13. The molecule has 0 aliphatic heterocycles. The third-order valence-corrected chi connectivity index (χ3v) is 3.74. The smallest absolute Gasteiger partial charge is 0.270 e. The molecule has 0 bridgehead atoms. The lowest BCUT2D eigenvalue weighted by atomic mass is 10.1. The van der Waals surface area contributed by atoms with E-state index in [1.54, 1.807) is 6.07 Å². The molecule has 5 nitrogen and oxygen atoms in total. The van der Waals surface area contributed by atoms with E-state index in [1.165, 1.54) is 12.1 Å². The van der Waals surface area contributed by atoms with Crippen LogP contribution in [0.5, 0.6) is 0 Å². The van der Waals surface area contributed by atoms with Gasteiger partial charge >= 0.3 is 0 Å². The van der Waals surface area contributed by atoms with Crippen molar-refractivity contribution in [3.63, 3.8) is 0 Å². The second-order valence-electron chi connectivity index (χ2n) is 5.00. The predicted molar refractivity (Wildman–Crippen MR) is 81.5 cm³/mol. The first kappa shape index (κ1) is 15.5. The van der Waals surface area contributed by atoms with Crippen molar-refractivity contribution in [2.24, 2.45) is 0 Å². The highest BCUT2D eigenvalue weighted by atomic mass is 35.5. The Hall–Kier alpha value is -1.85. The van der Waals surface area contributed by atoms with Gasteiger partial charge in [-0.25, -0.2) is 0 Å². The SMILES string of the molecule is Cc1cc(C(C)NCc2ccc([N+](=O)[O-])cc2Cl)c(C)o1. The maximum atomic E-state index is 10.7. The number of nitro groups is 1. The van der Waals surface area contributed by atoms with Crippen LogP contribution in [0.4, 0.5) is 5.69 Å². The molecule has 21 heavy (non-hydrogen) atoms. The summed E-state index contributed by atoms with van der Waals surface area (Å²) >= 11 is 6.08. The van der Waals surface area contributed by atoms with E-state index in [4.69, 9.17) is 16.0 Å². The monoisotopic (exact) mass is 308 g/mol. The minimum atomic E-state index is -0.455. The fraction of sp³-hybridized carbons (Fsp3) is 0.333. The zero-order valence-electron chi connectivity index (χ0n) is 12.1. The fourth-order valence-corrected chi connectivity index (χ4v) is 2.49. The Morgan fingerprint density at radius 1 is 1.38 bits per heavy atom. The molecule has 0 saturated heterocycles. The van der Waals surface area contributed by atoms with Gasteiger partial charge in [-0.2, -0.15) is 0 Å². The lowest BCUT2D eigenvalue weighted by molar-refractivity contribution is -0.384. The summed E-state index contributed by atoms with van der Waals surface area (Å²) < 4.78 is 5.51. The quantitative estimate of drug-likeness (QED) is 0.660. The van der Waals surface area contributed by atoms with E-state index in [0.717, 1.165) is 22.6 Å². The molecule has 0 aliphatic carbocycles. The first-order chi connectivity index (χ1) is 9.88. The first-order valence-corrected chi connectivity index (χ1v) is 6.99. The highest BCUT2D eigenvalue weighted by molar-refractivity contribution is 6.31. The third-order valence-electron chi connectivity index (χ3n) is 3.39. The number of furan rings is 1. The Bertz CT molecular complexity index is 667. The van der Waals surface area contributed by atoms with Crippen LogP contribution in [-0.4, -0.2) is 4.92 Å². The maximum Gasteiger partial charge on any atom is 0.270 e. The van der Waals surface area contributed by atoms with E-state index >= 15 is 0 Å². The summed E-state index contributed by atoms with van der Waals surface area (Å²) in [5, 5.41) is 14.4. The highest BCUT2D eigenvalue weighted by Gasteiger charge is 2.14. The zero-order valence-corrected chi connectivity index (χ0v) is 12.9. The fourth-order valence-electron chi connectivity index (χ4n) is 2.25. The van der Waals surface area contributed by atoms with Gasteiger partial charge in [-0.1, -0.05) is 11.6 Å². The molecule has 1 unspecified atom stereocenters. The molecule has 1 aromatic carbocycles. The molecule has 0 saturated carbocycles. The Labute approximate surface area is 128 Å². The minimum absolute atomic E-state index is 0.00176. The molecule has 0 amide bonds. The van der Waals surface area contributed by atoms with Crippen LogP contribution in [-0.2, 0) is 6.54 Å². The van der Waals surface area contributed by atoms with Crippen LogP contribution in [0.1, 0.15) is 35.6 Å².